The van der Waals surface area contributed by atoms with Crippen LogP contribution in [0.4, 0.5) is 9.57 Å². The zero-order valence-corrected chi connectivity index (χ0v) is 13.3. The average Bonchev–Trinajstić information content (AvgIpc) is 2.45. The van der Waals surface area contributed by atoms with Gasteiger partial charge < -0.3 is 0 Å². The van der Waals surface area contributed by atoms with E-state index in [-0.39, 0.29) is 31.3 Å². The van der Waals surface area contributed by atoms with Crippen LogP contribution in [0.3, 0.4) is 0 Å². The van der Waals surface area contributed by atoms with Gasteiger partial charge in [0.2, 0.25) is 5.91 Å². The topological polar surface area (TPSA) is 78.5 Å². The number of benzene rings is 1. The number of anilines is 1. The van der Waals surface area contributed by atoms with Crippen molar-refractivity contribution in [2.45, 2.75) is 19.3 Å². The van der Waals surface area contributed by atoms with Crippen LogP contribution < -0.4 is 10.9 Å². The number of hydrogen-bond acceptors (Lipinski definition) is 4. The third-order valence-electron chi connectivity index (χ3n) is 3.53. The molecule has 1 fully saturated rings. The summed E-state index contributed by atoms with van der Waals surface area (Å²) in [5.74, 6) is -0.166. The van der Waals surface area contributed by atoms with Gasteiger partial charge in [-0.15, -0.1) is 0 Å². The van der Waals surface area contributed by atoms with Gasteiger partial charge in [-0.1, -0.05) is 21.6 Å². The van der Waals surface area contributed by atoms with E-state index in [0.717, 1.165) is 4.31 Å². The van der Waals surface area contributed by atoms with Crippen molar-refractivity contribution in [3.8, 4) is 0 Å². The van der Waals surface area contributed by atoms with E-state index in [1.165, 1.54) is 0 Å². The minimum Gasteiger partial charge on any atom is -0.299 e. The van der Waals surface area contributed by atoms with Crippen LogP contribution in [0.25, 0.3) is 0 Å². The van der Waals surface area contributed by atoms with Crippen LogP contribution in [0.2, 0.25) is 5.02 Å². The summed E-state index contributed by atoms with van der Waals surface area (Å²) < 4.78 is 35.1. The molecule has 122 valence electrons. The molecule has 9 heteroatoms. The van der Waals surface area contributed by atoms with E-state index in [0.29, 0.717) is 23.6 Å². The smallest absolute Gasteiger partial charge is 0.299 e. The van der Waals surface area contributed by atoms with Gasteiger partial charge in [0.25, 0.3) is 0 Å². The molecule has 2 rings (SSSR count). The van der Waals surface area contributed by atoms with E-state index < -0.39 is 10.4 Å². The van der Waals surface area contributed by atoms with Crippen LogP contribution in [0.5, 0.6) is 0 Å². The normalized spacial score (nSPS) is 17.2. The molecule has 1 heterocycles. The number of amides is 1. The number of piperidine rings is 1. The van der Waals surface area contributed by atoms with E-state index in [1.54, 1.807) is 24.3 Å². The Morgan fingerprint density at radius 1 is 1.36 bits per heavy atom. The van der Waals surface area contributed by atoms with Crippen molar-refractivity contribution in [3.63, 3.8) is 0 Å². The molecule has 0 aromatic heterocycles. The minimum atomic E-state index is -4.62. The molecule has 0 spiro atoms. The van der Waals surface area contributed by atoms with Gasteiger partial charge in [0.05, 0.1) is 5.69 Å². The highest BCUT2D eigenvalue weighted by Crippen LogP contribution is 2.22. The lowest BCUT2D eigenvalue weighted by Crippen LogP contribution is -2.38. The second-order valence-electron chi connectivity index (χ2n) is 5.17. The molecular weight excluding hydrogens is 333 g/mol. The summed E-state index contributed by atoms with van der Waals surface area (Å²) in [4.78, 5) is 11.8. The summed E-state index contributed by atoms with van der Waals surface area (Å²) in [5.41, 5.74) is 5.98. The van der Waals surface area contributed by atoms with Gasteiger partial charge in [0, 0.05) is 24.5 Å². The standard InChI is InChI=1S/C13H17ClFN3O3S/c14-11-2-1-3-12(9-11)16-17-13(19)8-10-4-6-18(7-5-10)22(15,20)21/h1-3,9-10,16H,4-8H2,(H,17,19). The molecule has 1 aliphatic rings. The highest BCUT2D eigenvalue weighted by Gasteiger charge is 2.28. The molecule has 0 saturated carbocycles. The zero-order valence-electron chi connectivity index (χ0n) is 11.8. The summed E-state index contributed by atoms with van der Waals surface area (Å²) in [7, 11) is -4.62. The summed E-state index contributed by atoms with van der Waals surface area (Å²) >= 11 is 5.83. The number of hydrogen-bond donors (Lipinski definition) is 2. The highest BCUT2D eigenvalue weighted by atomic mass is 35.5. The van der Waals surface area contributed by atoms with Gasteiger partial charge in [-0.05, 0) is 37.0 Å². The van der Waals surface area contributed by atoms with Crippen LogP contribution in [-0.2, 0) is 15.2 Å². The van der Waals surface area contributed by atoms with E-state index in [9.17, 15) is 17.1 Å². The second kappa shape index (κ2) is 7.26. The number of nitrogens with one attached hydrogen (secondary N) is 2. The van der Waals surface area contributed by atoms with Gasteiger partial charge in [-0.25, -0.2) is 0 Å². The van der Waals surface area contributed by atoms with Crippen molar-refractivity contribution in [2.75, 3.05) is 18.5 Å². The summed E-state index contributed by atoms with van der Waals surface area (Å²) in [6, 6.07) is 6.91. The SMILES string of the molecule is O=C(CC1CCN(S(=O)(=O)F)CC1)NNc1cccc(Cl)c1. The first-order valence-corrected chi connectivity index (χ1v) is 8.56. The zero-order chi connectivity index (χ0) is 16.2. The molecule has 2 N–H and O–H groups in total. The first-order chi connectivity index (χ1) is 10.3. The maximum Gasteiger partial charge on any atom is 0.374 e. The Kier molecular flexibility index (Phi) is 5.60. The van der Waals surface area contributed by atoms with E-state index >= 15 is 0 Å². The number of rotatable bonds is 5. The molecule has 22 heavy (non-hydrogen) atoms. The highest BCUT2D eigenvalue weighted by molar-refractivity contribution is 7.83. The average molecular weight is 350 g/mol. The Hall–Kier alpha value is -1.38. The molecular formula is C13H17ClFN3O3S. The predicted molar refractivity (Wildman–Crippen MR) is 82.2 cm³/mol. The molecule has 0 atom stereocenters. The fraction of sp³-hybridized carbons (Fsp3) is 0.462. The maximum absolute atomic E-state index is 12.8. The summed E-state index contributed by atoms with van der Waals surface area (Å²) in [6.45, 7) is 0.219. The quantitative estimate of drug-likeness (QED) is 0.630. The second-order valence-corrected chi connectivity index (χ2v) is 6.95. The van der Waals surface area contributed by atoms with Gasteiger partial charge >= 0.3 is 10.4 Å². The molecule has 0 aliphatic carbocycles. The Balaban J connectivity index is 1.74. The van der Waals surface area contributed by atoms with Gasteiger partial charge in [-0.2, -0.15) is 12.7 Å². The van der Waals surface area contributed by atoms with Crippen LogP contribution in [0.15, 0.2) is 24.3 Å². The summed E-state index contributed by atoms with van der Waals surface area (Å²) in [5, 5.41) is 0.555. The number of carbonyl (C=O) groups is 1. The number of carbonyl (C=O) groups excluding carboxylic acids is 1. The molecule has 1 amide bonds. The first kappa shape index (κ1) is 17.0. The fourth-order valence-electron chi connectivity index (χ4n) is 2.35. The van der Waals surface area contributed by atoms with Crippen LogP contribution in [-0.4, -0.2) is 31.7 Å². The Morgan fingerprint density at radius 2 is 2.05 bits per heavy atom. The number of hydrazine groups is 1. The van der Waals surface area contributed by atoms with Crippen molar-refractivity contribution in [3.05, 3.63) is 29.3 Å². The third-order valence-corrected chi connectivity index (χ3v) is 4.74. The monoisotopic (exact) mass is 349 g/mol. The Morgan fingerprint density at radius 3 is 2.64 bits per heavy atom. The minimum absolute atomic E-state index is 0.0409. The van der Waals surface area contributed by atoms with Crippen LogP contribution in [0.1, 0.15) is 19.3 Å². The Bertz CT molecular complexity index is 633. The van der Waals surface area contributed by atoms with Crippen molar-refractivity contribution >= 4 is 33.6 Å². The van der Waals surface area contributed by atoms with E-state index in [4.69, 9.17) is 11.6 Å². The number of halogens is 2. The molecule has 0 bridgehead atoms. The Labute approximate surface area is 133 Å². The molecule has 0 unspecified atom stereocenters. The van der Waals surface area contributed by atoms with Gasteiger partial charge in [-0.3, -0.25) is 15.6 Å². The molecule has 1 aromatic rings. The molecule has 1 aliphatic heterocycles. The predicted octanol–water partition coefficient (Wildman–Crippen LogP) is 2.10. The maximum atomic E-state index is 12.8. The third kappa shape index (κ3) is 5.11. The van der Waals surface area contributed by atoms with Crippen molar-refractivity contribution in [1.82, 2.24) is 9.73 Å². The first-order valence-electron chi connectivity index (χ1n) is 6.85. The largest absolute Gasteiger partial charge is 0.374 e. The molecule has 0 radical (unpaired) electrons. The number of nitrogens with zero attached hydrogens (tertiary/aromatic N) is 1. The lowest BCUT2D eigenvalue weighted by atomic mass is 9.94. The van der Waals surface area contributed by atoms with Crippen molar-refractivity contribution < 1.29 is 17.1 Å². The molecule has 1 saturated heterocycles. The van der Waals surface area contributed by atoms with Crippen LogP contribution >= 0.6 is 11.6 Å². The lowest BCUT2D eigenvalue weighted by Gasteiger charge is -2.28. The van der Waals surface area contributed by atoms with Crippen molar-refractivity contribution in [1.29, 1.82) is 0 Å². The van der Waals surface area contributed by atoms with Crippen LogP contribution in [0, 0.1) is 5.92 Å². The molecule has 1 aromatic carbocycles. The lowest BCUT2D eigenvalue weighted by molar-refractivity contribution is -0.121. The fourth-order valence-corrected chi connectivity index (χ4v) is 3.19. The molecule has 6 nitrogen and oxygen atoms in total. The van der Waals surface area contributed by atoms with Crippen molar-refractivity contribution in [2.24, 2.45) is 5.92 Å². The van der Waals surface area contributed by atoms with E-state index in [2.05, 4.69) is 10.9 Å². The van der Waals surface area contributed by atoms with Gasteiger partial charge in [0.15, 0.2) is 0 Å². The van der Waals surface area contributed by atoms with Gasteiger partial charge in [0.1, 0.15) is 0 Å². The van der Waals surface area contributed by atoms with E-state index in [1.807, 2.05) is 0 Å². The summed E-state index contributed by atoms with van der Waals surface area (Å²) in [6.07, 6.45) is 1.19.